The molecular formula is C12H9Cl2N3O2. The highest BCUT2D eigenvalue weighted by Crippen LogP contribution is 2.27. The number of halogens is 2. The van der Waals surface area contributed by atoms with Crippen LogP contribution >= 0.6 is 23.2 Å². The second-order valence-corrected chi connectivity index (χ2v) is 4.50. The molecule has 0 saturated heterocycles. The topological polar surface area (TPSA) is 75.1 Å². The van der Waals surface area contributed by atoms with Crippen molar-refractivity contribution >= 4 is 34.8 Å². The first-order valence-electron chi connectivity index (χ1n) is 5.27. The van der Waals surface area contributed by atoms with Gasteiger partial charge >= 0.3 is 0 Å². The van der Waals surface area contributed by atoms with Crippen molar-refractivity contribution in [2.75, 3.05) is 5.32 Å². The van der Waals surface area contributed by atoms with E-state index in [2.05, 4.69) is 15.3 Å². The van der Waals surface area contributed by atoms with Crippen LogP contribution in [0.25, 0.3) is 0 Å². The van der Waals surface area contributed by atoms with Crippen LogP contribution in [0.2, 0.25) is 10.3 Å². The molecule has 5 nitrogen and oxygen atoms in total. The van der Waals surface area contributed by atoms with E-state index in [1.54, 1.807) is 13.0 Å². The van der Waals surface area contributed by atoms with Gasteiger partial charge in [0.2, 0.25) is 0 Å². The fourth-order valence-electron chi connectivity index (χ4n) is 1.49. The van der Waals surface area contributed by atoms with E-state index in [9.17, 15) is 9.90 Å². The van der Waals surface area contributed by atoms with Gasteiger partial charge < -0.3 is 10.4 Å². The molecule has 0 radical (unpaired) electrons. The third kappa shape index (κ3) is 2.94. The number of hydrogen-bond acceptors (Lipinski definition) is 4. The minimum Gasteiger partial charge on any atom is -0.505 e. The Hall–Kier alpha value is -1.85. The lowest BCUT2D eigenvalue weighted by Crippen LogP contribution is -2.15. The molecular weight excluding hydrogens is 289 g/mol. The average Bonchev–Trinajstić information content (AvgIpc) is 2.34. The van der Waals surface area contributed by atoms with Crippen molar-refractivity contribution in [3.05, 3.63) is 46.0 Å². The van der Waals surface area contributed by atoms with Crippen LogP contribution in [0.5, 0.6) is 5.75 Å². The van der Waals surface area contributed by atoms with Crippen molar-refractivity contribution in [3.63, 3.8) is 0 Å². The van der Waals surface area contributed by atoms with Gasteiger partial charge in [0.15, 0.2) is 10.8 Å². The first-order chi connectivity index (χ1) is 8.99. The summed E-state index contributed by atoms with van der Waals surface area (Å²) in [6.45, 7) is 1.73. The minimum absolute atomic E-state index is 0.0776. The third-order valence-corrected chi connectivity index (χ3v) is 2.85. The number of carbonyl (C=O) groups excluding carboxylic acids is 1. The molecule has 0 spiro atoms. The van der Waals surface area contributed by atoms with Crippen molar-refractivity contribution in [2.24, 2.45) is 0 Å². The maximum absolute atomic E-state index is 12.0. The average molecular weight is 298 g/mol. The smallest absolute Gasteiger partial charge is 0.278 e. The Bertz CT molecular complexity index is 624. The molecule has 98 valence electrons. The number of rotatable bonds is 2. The molecule has 0 bridgehead atoms. The zero-order valence-electron chi connectivity index (χ0n) is 9.82. The molecule has 0 unspecified atom stereocenters. The van der Waals surface area contributed by atoms with Crippen LogP contribution in [0.3, 0.4) is 0 Å². The number of nitrogens with one attached hydrogen (secondary N) is 1. The Morgan fingerprint density at radius 2 is 2.16 bits per heavy atom. The maximum atomic E-state index is 12.0. The van der Waals surface area contributed by atoms with E-state index in [0.29, 0.717) is 11.3 Å². The zero-order valence-corrected chi connectivity index (χ0v) is 11.3. The molecule has 2 aromatic rings. The first kappa shape index (κ1) is 13.6. The van der Waals surface area contributed by atoms with Crippen molar-refractivity contribution < 1.29 is 9.90 Å². The molecule has 2 N–H and O–H groups in total. The second-order valence-electron chi connectivity index (χ2n) is 3.75. The molecule has 1 amide bonds. The van der Waals surface area contributed by atoms with Gasteiger partial charge in [0, 0.05) is 6.20 Å². The summed E-state index contributed by atoms with van der Waals surface area (Å²) in [6, 6.07) is 4.46. The fourth-order valence-corrected chi connectivity index (χ4v) is 2.07. The SMILES string of the molecule is Cc1cc(Cl)nc(Cl)c1NC(=O)c1ncccc1O. The number of aromatic nitrogens is 2. The number of anilines is 1. The van der Waals surface area contributed by atoms with Crippen molar-refractivity contribution in [3.8, 4) is 5.75 Å². The van der Waals surface area contributed by atoms with E-state index in [1.165, 1.54) is 18.3 Å². The Kier molecular flexibility index (Phi) is 3.87. The van der Waals surface area contributed by atoms with E-state index in [-0.39, 0.29) is 21.7 Å². The van der Waals surface area contributed by atoms with E-state index in [0.717, 1.165) is 0 Å². The number of pyridine rings is 2. The lowest BCUT2D eigenvalue weighted by molar-refractivity contribution is 0.101. The van der Waals surface area contributed by atoms with Gasteiger partial charge in [0.25, 0.3) is 5.91 Å². The Labute approximate surface area is 119 Å². The monoisotopic (exact) mass is 297 g/mol. The standard InChI is InChI=1S/C12H9Cl2N3O2/c1-6-5-8(13)16-11(14)9(6)17-12(19)10-7(18)3-2-4-15-10/h2-5,18H,1H3,(H,17,19). The summed E-state index contributed by atoms with van der Waals surface area (Å²) in [5.74, 6) is -0.789. The molecule has 2 heterocycles. The Balaban J connectivity index is 2.32. The highest BCUT2D eigenvalue weighted by atomic mass is 35.5. The van der Waals surface area contributed by atoms with E-state index in [1.807, 2.05) is 0 Å². The summed E-state index contributed by atoms with van der Waals surface area (Å²) in [5, 5.41) is 12.4. The van der Waals surface area contributed by atoms with Gasteiger partial charge in [-0.1, -0.05) is 23.2 Å². The molecule has 0 saturated carbocycles. The second kappa shape index (κ2) is 5.42. The predicted molar refractivity (Wildman–Crippen MR) is 72.8 cm³/mol. The summed E-state index contributed by atoms with van der Waals surface area (Å²) in [7, 11) is 0. The van der Waals surface area contributed by atoms with Crippen LogP contribution in [-0.4, -0.2) is 21.0 Å². The van der Waals surface area contributed by atoms with Gasteiger partial charge in [-0.2, -0.15) is 0 Å². The highest BCUT2D eigenvalue weighted by molar-refractivity contribution is 6.35. The van der Waals surface area contributed by atoms with Crippen LogP contribution in [0.15, 0.2) is 24.4 Å². The molecule has 0 atom stereocenters. The number of hydrogen-bond donors (Lipinski definition) is 2. The van der Waals surface area contributed by atoms with Crippen molar-refractivity contribution in [1.82, 2.24) is 9.97 Å². The summed E-state index contributed by atoms with van der Waals surface area (Å²) in [5.41, 5.74) is 0.905. The minimum atomic E-state index is -0.577. The van der Waals surface area contributed by atoms with Crippen LogP contribution < -0.4 is 5.32 Å². The predicted octanol–water partition coefficient (Wildman–Crippen LogP) is 3.05. The van der Waals surface area contributed by atoms with Gasteiger partial charge in [0.1, 0.15) is 10.9 Å². The van der Waals surface area contributed by atoms with Gasteiger partial charge in [-0.05, 0) is 30.7 Å². The van der Waals surface area contributed by atoms with E-state index in [4.69, 9.17) is 23.2 Å². The van der Waals surface area contributed by atoms with E-state index >= 15 is 0 Å². The van der Waals surface area contributed by atoms with Crippen LogP contribution in [0.4, 0.5) is 5.69 Å². The number of nitrogens with zero attached hydrogens (tertiary/aromatic N) is 2. The summed E-state index contributed by atoms with van der Waals surface area (Å²) in [4.78, 5) is 19.6. The molecule has 0 aliphatic carbocycles. The number of aryl methyl sites for hydroxylation is 1. The Morgan fingerprint density at radius 3 is 2.79 bits per heavy atom. The molecule has 2 rings (SSSR count). The molecule has 7 heteroatoms. The van der Waals surface area contributed by atoms with Crippen molar-refractivity contribution in [2.45, 2.75) is 6.92 Å². The quantitative estimate of drug-likeness (QED) is 0.836. The summed E-state index contributed by atoms with van der Waals surface area (Å²) >= 11 is 11.7. The lowest BCUT2D eigenvalue weighted by atomic mass is 10.2. The normalized spacial score (nSPS) is 10.3. The van der Waals surface area contributed by atoms with Crippen molar-refractivity contribution in [1.29, 1.82) is 0 Å². The molecule has 0 aliphatic rings. The lowest BCUT2D eigenvalue weighted by Gasteiger charge is -2.10. The van der Waals surface area contributed by atoms with Gasteiger partial charge in [-0.25, -0.2) is 9.97 Å². The summed E-state index contributed by atoms with van der Waals surface area (Å²) < 4.78 is 0. The molecule has 19 heavy (non-hydrogen) atoms. The van der Waals surface area contributed by atoms with Gasteiger partial charge in [-0.3, -0.25) is 4.79 Å². The Morgan fingerprint density at radius 1 is 1.42 bits per heavy atom. The highest BCUT2D eigenvalue weighted by Gasteiger charge is 2.16. The zero-order chi connectivity index (χ0) is 14.0. The van der Waals surface area contributed by atoms with Crippen LogP contribution in [0, 0.1) is 6.92 Å². The fraction of sp³-hybridized carbons (Fsp3) is 0.0833. The first-order valence-corrected chi connectivity index (χ1v) is 6.02. The van der Waals surface area contributed by atoms with Gasteiger partial charge in [-0.15, -0.1) is 0 Å². The summed E-state index contributed by atoms with van der Waals surface area (Å²) in [6.07, 6.45) is 1.41. The molecule has 0 aliphatic heterocycles. The van der Waals surface area contributed by atoms with E-state index < -0.39 is 5.91 Å². The van der Waals surface area contributed by atoms with Gasteiger partial charge in [0.05, 0.1) is 5.69 Å². The molecule has 2 aromatic heterocycles. The van der Waals surface area contributed by atoms with Crippen LogP contribution in [0.1, 0.15) is 16.1 Å². The number of amides is 1. The molecule has 0 fully saturated rings. The molecule has 0 aromatic carbocycles. The third-order valence-electron chi connectivity index (χ3n) is 2.38. The maximum Gasteiger partial charge on any atom is 0.278 e. The van der Waals surface area contributed by atoms with Crippen LogP contribution in [-0.2, 0) is 0 Å². The number of aromatic hydroxyl groups is 1. The number of carbonyl (C=O) groups is 1. The largest absolute Gasteiger partial charge is 0.505 e.